The predicted molar refractivity (Wildman–Crippen MR) is 95.7 cm³/mol. The number of esters is 1. The maximum absolute atomic E-state index is 12.4. The van der Waals surface area contributed by atoms with E-state index in [4.69, 9.17) is 4.74 Å². The molecule has 0 aromatic carbocycles. The Kier molecular flexibility index (Phi) is 10.5. The van der Waals surface area contributed by atoms with E-state index in [2.05, 4.69) is 15.4 Å². The van der Waals surface area contributed by atoms with Crippen LogP contribution >= 0.6 is 0 Å². The number of halogens is 3. The number of ether oxygens (including phenoxy) is 2. The molecule has 0 aliphatic heterocycles. The Hall–Kier alpha value is -2.53. The molecule has 9 nitrogen and oxygen atoms in total. The number of hydrogen-bond donors (Lipinski definition) is 3. The second kappa shape index (κ2) is 11.5. The van der Waals surface area contributed by atoms with Gasteiger partial charge >= 0.3 is 24.1 Å². The number of nitrogens with one attached hydrogen (secondary N) is 3. The lowest BCUT2D eigenvalue weighted by molar-refractivity contribution is -0.173. The molecule has 0 aliphatic rings. The number of hydrogen-bond acceptors (Lipinski definition) is 6. The monoisotopic (exact) mass is 427 g/mol. The second-order valence-corrected chi connectivity index (χ2v) is 7.20. The fraction of sp³-hybridized carbons (Fsp3) is 0.765. The van der Waals surface area contributed by atoms with Crippen LogP contribution in [-0.4, -0.2) is 61.4 Å². The molecule has 0 fully saturated rings. The van der Waals surface area contributed by atoms with Crippen LogP contribution in [0.25, 0.3) is 0 Å². The van der Waals surface area contributed by atoms with E-state index in [-0.39, 0.29) is 25.8 Å². The maximum Gasteiger partial charge on any atom is 0.471 e. The van der Waals surface area contributed by atoms with Crippen LogP contribution in [0.4, 0.5) is 18.0 Å². The van der Waals surface area contributed by atoms with Gasteiger partial charge in [0.15, 0.2) is 0 Å². The zero-order chi connectivity index (χ0) is 22.8. The summed E-state index contributed by atoms with van der Waals surface area (Å²) in [6.07, 6.45) is -5.45. The summed E-state index contributed by atoms with van der Waals surface area (Å²) in [4.78, 5) is 46.5. The first-order valence-electron chi connectivity index (χ1n) is 8.90. The average Bonchev–Trinajstić information content (AvgIpc) is 2.56. The van der Waals surface area contributed by atoms with Crippen molar-refractivity contribution in [2.75, 3.05) is 13.7 Å². The fourth-order valence-corrected chi connectivity index (χ4v) is 2.04. The number of alkyl halides is 3. The van der Waals surface area contributed by atoms with Crippen LogP contribution in [0.1, 0.15) is 47.0 Å². The second-order valence-electron chi connectivity index (χ2n) is 7.20. The number of rotatable bonds is 9. The lowest BCUT2D eigenvalue weighted by Crippen LogP contribution is -2.51. The Bertz CT molecular complexity index is 590. The van der Waals surface area contributed by atoms with E-state index in [9.17, 15) is 32.3 Å². The molecule has 0 saturated heterocycles. The highest BCUT2D eigenvalue weighted by Gasteiger charge is 2.38. The van der Waals surface area contributed by atoms with Gasteiger partial charge in [0.2, 0.25) is 5.91 Å². The maximum atomic E-state index is 12.4. The fourth-order valence-electron chi connectivity index (χ4n) is 2.04. The first-order valence-corrected chi connectivity index (χ1v) is 8.90. The van der Waals surface area contributed by atoms with Gasteiger partial charge in [-0.15, -0.1) is 0 Å². The van der Waals surface area contributed by atoms with Crippen molar-refractivity contribution in [1.29, 1.82) is 0 Å². The third-order valence-electron chi connectivity index (χ3n) is 3.38. The van der Waals surface area contributed by atoms with Crippen LogP contribution in [0, 0.1) is 0 Å². The molecule has 0 bridgehead atoms. The van der Waals surface area contributed by atoms with Crippen molar-refractivity contribution in [3.63, 3.8) is 0 Å². The van der Waals surface area contributed by atoms with E-state index in [0.717, 1.165) is 7.11 Å². The highest BCUT2D eigenvalue weighted by molar-refractivity contribution is 5.89. The molecule has 0 saturated carbocycles. The third-order valence-corrected chi connectivity index (χ3v) is 3.38. The van der Waals surface area contributed by atoms with Gasteiger partial charge in [-0.3, -0.25) is 9.59 Å². The van der Waals surface area contributed by atoms with Crippen molar-refractivity contribution in [3.8, 4) is 0 Å². The standard InChI is InChI=1S/C17H28F3N3O6/c1-10(13(25)28-5)22-12(24)11(23-15(27)29-16(2,3)4)8-6-7-9-21-14(26)17(18,19)20/h10-11H,6-9H2,1-5H3,(H,21,26)(H,22,24)(H,23,27)/t10-,11-/m0/s1. The van der Waals surface area contributed by atoms with Crippen molar-refractivity contribution in [1.82, 2.24) is 16.0 Å². The Morgan fingerprint density at radius 3 is 2.07 bits per heavy atom. The molecule has 0 unspecified atom stereocenters. The molecular weight excluding hydrogens is 399 g/mol. The number of amides is 3. The molecule has 0 radical (unpaired) electrons. The predicted octanol–water partition coefficient (Wildman–Crippen LogP) is 1.41. The van der Waals surface area contributed by atoms with Gasteiger partial charge in [-0.1, -0.05) is 0 Å². The molecule has 0 heterocycles. The minimum absolute atomic E-state index is 0.0425. The summed E-state index contributed by atoms with van der Waals surface area (Å²) in [7, 11) is 1.15. The molecule has 0 aliphatic carbocycles. The van der Waals surface area contributed by atoms with Crippen LogP contribution in [0.15, 0.2) is 0 Å². The molecule has 3 N–H and O–H groups in total. The smallest absolute Gasteiger partial charge is 0.467 e. The van der Waals surface area contributed by atoms with Crippen LogP contribution in [0.2, 0.25) is 0 Å². The number of carbonyl (C=O) groups excluding carboxylic acids is 4. The average molecular weight is 427 g/mol. The Morgan fingerprint density at radius 2 is 1.59 bits per heavy atom. The van der Waals surface area contributed by atoms with E-state index in [1.165, 1.54) is 6.92 Å². The van der Waals surface area contributed by atoms with E-state index in [1.807, 2.05) is 0 Å². The summed E-state index contributed by atoms with van der Waals surface area (Å²) < 4.78 is 46.0. The summed E-state index contributed by atoms with van der Waals surface area (Å²) in [6.45, 7) is 6.03. The molecule has 3 amide bonds. The number of alkyl carbamates (subject to hydrolysis) is 1. The third kappa shape index (κ3) is 11.8. The van der Waals surface area contributed by atoms with E-state index in [1.54, 1.807) is 26.1 Å². The molecule has 0 spiro atoms. The van der Waals surface area contributed by atoms with Gasteiger partial charge in [0.05, 0.1) is 7.11 Å². The largest absolute Gasteiger partial charge is 0.471 e. The van der Waals surface area contributed by atoms with Crippen LogP contribution < -0.4 is 16.0 Å². The minimum Gasteiger partial charge on any atom is -0.467 e. The molecule has 12 heteroatoms. The molecule has 29 heavy (non-hydrogen) atoms. The minimum atomic E-state index is -4.97. The van der Waals surface area contributed by atoms with Gasteiger partial charge in [-0.2, -0.15) is 13.2 Å². The molecular formula is C17H28F3N3O6. The lowest BCUT2D eigenvalue weighted by Gasteiger charge is -2.24. The zero-order valence-electron chi connectivity index (χ0n) is 17.1. The summed E-state index contributed by atoms with van der Waals surface area (Å²) in [5.74, 6) is -3.43. The molecule has 168 valence electrons. The zero-order valence-corrected chi connectivity index (χ0v) is 17.1. The Balaban J connectivity index is 4.78. The van der Waals surface area contributed by atoms with Gasteiger partial charge in [-0.05, 0) is 47.0 Å². The van der Waals surface area contributed by atoms with Gasteiger partial charge in [-0.25, -0.2) is 9.59 Å². The molecule has 2 atom stereocenters. The number of methoxy groups -OCH3 is 1. The summed E-state index contributed by atoms with van der Waals surface area (Å²) in [5, 5.41) is 6.46. The Morgan fingerprint density at radius 1 is 1.00 bits per heavy atom. The summed E-state index contributed by atoms with van der Waals surface area (Å²) in [6, 6.07) is -2.07. The summed E-state index contributed by atoms with van der Waals surface area (Å²) >= 11 is 0. The van der Waals surface area contributed by atoms with Gasteiger partial charge < -0.3 is 25.4 Å². The molecule has 0 aromatic heterocycles. The number of carbonyl (C=O) groups is 4. The van der Waals surface area contributed by atoms with Crippen molar-refractivity contribution in [2.45, 2.75) is 70.8 Å². The molecule has 0 rings (SSSR count). The quantitative estimate of drug-likeness (QED) is 0.378. The van der Waals surface area contributed by atoms with E-state index < -0.39 is 47.7 Å². The first kappa shape index (κ1) is 26.5. The highest BCUT2D eigenvalue weighted by atomic mass is 19.4. The van der Waals surface area contributed by atoms with E-state index >= 15 is 0 Å². The van der Waals surface area contributed by atoms with Crippen molar-refractivity contribution < 1.29 is 41.8 Å². The topological polar surface area (TPSA) is 123 Å². The van der Waals surface area contributed by atoms with Crippen LogP contribution in [0.5, 0.6) is 0 Å². The van der Waals surface area contributed by atoms with E-state index in [0.29, 0.717) is 0 Å². The SMILES string of the molecule is COC(=O)[C@H](C)NC(=O)[C@H](CCCCNC(=O)C(F)(F)F)NC(=O)OC(C)(C)C. The first-order chi connectivity index (χ1) is 13.2. The Labute approximate surface area is 167 Å². The molecule has 0 aromatic rings. The lowest BCUT2D eigenvalue weighted by atomic mass is 10.1. The van der Waals surface area contributed by atoms with Gasteiger partial charge in [0.25, 0.3) is 0 Å². The number of unbranched alkanes of at least 4 members (excludes halogenated alkanes) is 1. The highest BCUT2D eigenvalue weighted by Crippen LogP contribution is 2.14. The van der Waals surface area contributed by atoms with Crippen LogP contribution in [-0.2, 0) is 23.9 Å². The van der Waals surface area contributed by atoms with Gasteiger partial charge in [0.1, 0.15) is 17.7 Å². The van der Waals surface area contributed by atoms with Crippen molar-refractivity contribution >= 4 is 23.9 Å². The normalized spacial score (nSPS) is 13.7. The van der Waals surface area contributed by atoms with Crippen molar-refractivity contribution in [2.24, 2.45) is 0 Å². The van der Waals surface area contributed by atoms with Crippen LogP contribution in [0.3, 0.4) is 0 Å². The van der Waals surface area contributed by atoms with Gasteiger partial charge in [0, 0.05) is 6.54 Å². The summed E-state index contributed by atoms with van der Waals surface area (Å²) in [5.41, 5.74) is -0.813. The van der Waals surface area contributed by atoms with Crippen molar-refractivity contribution in [3.05, 3.63) is 0 Å².